The fraction of sp³-hybridized carbons (Fsp3) is 0.375. The van der Waals surface area contributed by atoms with Gasteiger partial charge in [-0.15, -0.1) is 0 Å². The molecule has 0 saturated carbocycles. The van der Waals surface area contributed by atoms with Crippen molar-refractivity contribution in [2.45, 2.75) is 71.9 Å². The molecule has 0 radical (unpaired) electrons. The molecule has 0 bridgehead atoms. The van der Waals surface area contributed by atoms with Crippen molar-refractivity contribution in [3.8, 4) is 0 Å². The molecule has 1 atom stereocenters. The number of amides is 2. The summed E-state index contributed by atoms with van der Waals surface area (Å²) in [7, 11) is 0. The second-order valence-electron chi connectivity index (χ2n) is 9.53. The van der Waals surface area contributed by atoms with Crippen LogP contribution in [0.5, 0.6) is 0 Å². The van der Waals surface area contributed by atoms with Crippen molar-refractivity contribution < 1.29 is 9.59 Å². The van der Waals surface area contributed by atoms with Crippen molar-refractivity contribution in [3.63, 3.8) is 0 Å². The number of rotatable bonds is 13. The number of hydrogen-bond donors (Lipinski definition) is 1. The van der Waals surface area contributed by atoms with Crippen molar-refractivity contribution >= 4 is 11.8 Å². The van der Waals surface area contributed by atoms with Gasteiger partial charge in [0.15, 0.2) is 0 Å². The van der Waals surface area contributed by atoms with Crippen LogP contribution >= 0.6 is 0 Å². The molecule has 190 valence electrons. The fourth-order valence-corrected chi connectivity index (χ4v) is 4.40. The normalized spacial score (nSPS) is 11.6. The molecule has 0 aliphatic carbocycles. The molecule has 3 aromatic carbocycles. The van der Waals surface area contributed by atoms with Gasteiger partial charge in [0.1, 0.15) is 6.04 Å². The first kappa shape index (κ1) is 27.2. The van der Waals surface area contributed by atoms with Crippen LogP contribution in [0.1, 0.15) is 60.9 Å². The van der Waals surface area contributed by atoms with E-state index < -0.39 is 6.04 Å². The highest BCUT2D eigenvalue weighted by atomic mass is 16.2. The van der Waals surface area contributed by atoms with Gasteiger partial charge in [-0.25, -0.2) is 0 Å². The zero-order valence-corrected chi connectivity index (χ0v) is 22.0. The molecular formula is C32H40N2O2. The molecule has 0 fully saturated rings. The number of nitrogens with one attached hydrogen (secondary N) is 1. The van der Waals surface area contributed by atoms with Gasteiger partial charge in [-0.3, -0.25) is 9.59 Å². The van der Waals surface area contributed by atoms with Crippen LogP contribution in [-0.4, -0.2) is 29.3 Å². The maximum absolute atomic E-state index is 13.7. The van der Waals surface area contributed by atoms with E-state index in [0.717, 1.165) is 41.5 Å². The van der Waals surface area contributed by atoms with Gasteiger partial charge in [0.2, 0.25) is 11.8 Å². The van der Waals surface area contributed by atoms with Crippen molar-refractivity contribution in [2.75, 3.05) is 6.54 Å². The van der Waals surface area contributed by atoms with E-state index in [0.29, 0.717) is 32.4 Å². The summed E-state index contributed by atoms with van der Waals surface area (Å²) in [4.78, 5) is 29.0. The number of carbonyl (C=O) groups is 2. The van der Waals surface area contributed by atoms with E-state index in [2.05, 4.69) is 62.5 Å². The molecule has 4 heteroatoms. The first-order valence-electron chi connectivity index (χ1n) is 13.2. The SMILES string of the molecule is CCCCNC(=O)[C@@H](Cc1ccccc1)N(Cc1cccc(C)c1)C(=O)CCc1ccc(CC)cc1. The van der Waals surface area contributed by atoms with Gasteiger partial charge in [0, 0.05) is 25.9 Å². The molecule has 0 spiro atoms. The van der Waals surface area contributed by atoms with E-state index in [4.69, 9.17) is 0 Å². The van der Waals surface area contributed by atoms with Gasteiger partial charge in [-0.2, -0.15) is 0 Å². The highest BCUT2D eigenvalue weighted by molar-refractivity contribution is 5.88. The number of carbonyl (C=O) groups excluding carboxylic acids is 2. The molecule has 0 aliphatic heterocycles. The Morgan fingerprint density at radius 2 is 1.53 bits per heavy atom. The topological polar surface area (TPSA) is 49.4 Å². The third kappa shape index (κ3) is 8.37. The largest absolute Gasteiger partial charge is 0.354 e. The molecule has 36 heavy (non-hydrogen) atoms. The van der Waals surface area contributed by atoms with Crippen LogP contribution < -0.4 is 5.32 Å². The lowest BCUT2D eigenvalue weighted by Gasteiger charge is -2.32. The smallest absolute Gasteiger partial charge is 0.243 e. The molecule has 0 saturated heterocycles. The third-order valence-electron chi connectivity index (χ3n) is 6.59. The fourth-order valence-electron chi connectivity index (χ4n) is 4.40. The van der Waals surface area contributed by atoms with Crippen molar-refractivity contribution in [1.29, 1.82) is 0 Å². The summed E-state index contributed by atoms with van der Waals surface area (Å²) in [5.41, 5.74) is 5.66. The minimum atomic E-state index is -0.570. The summed E-state index contributed by atoms with van der Waals surface area (Å²) >= 11 is 0. The Morgan fingerprint density at radius 1 is 0.833 bits per heavy atom. The van der Waals surface area contributed by atoms with Crippen LogP contribution in [0.2, 0.25) is 0 Å². The minimum absolute atomic E-state index is 0.00245. The third-order valence-corrected chi connectivity index (χ3v) is 6.59. The van der Waals surface area contributed by atoms with Crippen molar-refractivity contribution in [3.05, 3.63) is 107 Å². The van der Waals surface area contributed by atoms with Crippen LogP contribution in [0.15, 0.2) is 78.9 Å². The Balaban J connectivity index is 1.86. The summed E-state index contributed by atoms with van der Waals surface area (Å²) in [6.45, 7) is 7.33. The Bertz CT molecular complexity index is 1090. The molecular weight excluding hydrogens is 444 g/mol. The lowest BCUT2D eigenvalue weighted by Crippen LogP contribution is -2.50. The van der Waals surface area contributed by atoms with Gasteiger partial charge in [-0.1, -0.05) is 105 Å². The first-order valence-corrected chi connectivity index (χ1v) is 13.2. The zero-order valence-electron chi connectivity index (χ0n) is 22.0. The molecule has 3 rings (SSSR count). The lowest BCUT2D eigenvalue weighted by molar-refractivity contribution is -0.141. The van der Waals surface area contributed by atoms with Crippen LogP contribution in [0.25, 0.3) is 0 Å². The van der Waals surface area contributed by atoms with E-state index >= 15 is 0 Å². The van der Waals surface area contributed by atoms with Crippen LogP contribution in [0.3, 0.4) is 0 Å². The summed E-state index contributed by atoms with van der Waals surface area (Å²) in [5, 5.41) is 3.09. The number of hydrogen-bond acceptors (Lipinski definition) is 2. The molecule has 0 aromatic heterocycles. The number of unbranched alkanes of at least 4 members (excludes halogenated alkanes) is 1. The average Bonchev–Trinajstić information content (AvgIpc) is 2.90. The highest BCUT2D eigenvalue weighted by Crippen LogP contribution is 2.18. The van der Waals surface area contributed by atoms with Crippen molar-refractivity contribution in [1.82, 2.24) is 10.2 Å². The second-order valence-corrected chi connectivity index (χ2v) is 9.53. The summed E-state index contributed by atoms with van der Waals surface area (Å²) in [6, 6.07) is 26.1. The predicted octanol–water partition coefficient (Wildman–Crippen LogP) is 6.05. The van der Waals surface area contributed by atoms with Gasteiger partial charge in [0.25, 0.3) is 0 Å². The number of aryl methyl sites for hydroxylation is 3. The van der Waals surface area contributed by atoms with Gasteiger partial charge < -0.3 is 10.2 Å². The molecule has 0 unspecified atom stereocenters. The maximum Gasteiger partial charge on any atom is 0.243 e. The average molecular weight is 485 g/mol. The Kier molecular flexibility index (Phi) is 10.7. The van der Waals surface area contributed by atoms with Gasteiger partial charge in [-0.05, 0) is 48.4 Å². The van der Waals surface area contributed by atoms with E-state index in [1.165, 1.54) is 5.56 Å². The highest BCUT2D eigenvalue weighted by Gasteiger charge is 2.30. The molecule has 2 amide bonds. The van der Waals surface area contributed by atoms with E-state index in [1.54, 1.807) is 4.90 Å². The number of nitrogens with zero attached hydrogens (tertiary/aromatic N) is 1. The maximum atomic E-state index is 13.7. The monoisotopic (exact) mass is 484 g/mol. The van der Waals surface area contributed by atoms with E-state index in [9.17, 15) is 9.59 Å². The Labute approximate surface area is 216 Å². The van der Waals surface area contributed by atoms with Gasteiger partial charge >= 0.3 is 0 Å². The van der Waals surface area contributed by atoms with E-state index in [-0.39, 0.29) is 11.8 Å². The quantitative estimate of drug-likeness (QED) is 0.300. The molecule has 0 heterocycles. The number of benzene rings is 3. The summed E-state index contributed by atoms with van der Waals surface area (Å²) < 4.78 is 0. The zero-order chi connectivity index (χ0) is 25.8. The van der Waals surface area contributed by atoms with Crippen LogP contribution in [-0.2, 0) is 35.4 Å². The standard InChI is InChI=1S/C32H40N2O2/c1-4-6-21-33-32(36)30(23-28-12-8-7-9-13-28)34(24-29-14-10-11-25(3)22-29)31(35)20-19-27-17-15-26(5-2)16-18-27/h7-18,22,30H,4-6,19-21,23-24H2,1-3H3,(H,33,36)/t30-/m1/s1. The molecule has 3 aromatic rings. The molecule has 0 aliphatic rings. The van der Waals surface area contributed by atoms with Crippen molar-refractivity contribution in [2.24, 2.45) is 0 Å². The van der Waals surface area contributed by atoms with Crippen LogP contribution in [0, 0.1) is 6.92 Å². The van der Waals surface area contributed by atoms with Gasteiger partial charge in [0.05, 0.1) is 0 Å². The molecule has 1 N–H and O–H groups in total. The Hall–Kier alpha value is -3.40. The first-order chi connectivity index (χ1) is 17.5. The summed E-state index contributed by atoms with van der Waals surface area (Å²) in [6.07, 6.45) is 4.43. The summed E-state index contributed by atoms with van der Waals surface area (Å²) in [5.74, 6) is -0.0803. The van der Waals surface area contributed by atoms with Crippen LogP contribution in [0.4, 0.5) is 0 Å². The second kappa shape index (κ2) is 14.2. The predicted molar refractivity (Wildman–Crippen MR) is 148 cm³/mol. The van der Waals surface area contributed by atoms with E-state index in [1.807, 2.05) is 42.5 Å². The lowest BCUT2D eigenvalue weighted by atomic mass is 10.0. The molecule has 4 nitrogen and oxygen atoms in total. The minimum Gasteiger partial charge on any atom is -0.354 e. The Morgan fingerprint density at radius 3 is 2.19 bits per heavy atom.